The molecule has 1 saturated heterocycles. The summed E-state index contributed by atoms with van der Waals surface area (Å²) in [6.07, 6.45) is 6.46. The zero-order valence-electron chi connectivity index (χ0n) is 15.6. The van der Waals surface area contributed by atoms with Gasteiger partial charge in [-0.05, 0) is 67.7 Å². The van der Waals surface area contributed by atoms with E-state index in [1.54, 1.807) is 0 Å². The van der Waals surface area contributed by atoms with E-state index in [0.717, 1.165) is 43.7 Å². The predicted octanol–water partition coefficient (Wildman–Crippen LogP) is 3.59. The molecule has 0 aromatic heterocycles. The zero-order chi connectivity index (χ0) is 17.9. The Morgan fingerprint density at radius 1 is 1.24 bits per heavy atom. The zero-order valence-corrected chi connectivity index (χ0v) is 15.6. The Morgan fingerprint density at radius 2 is 1.88 bits per heavy atom. The number of anilines is 1. The topological polar surface area (TPSA) is 52.6 Å². The molecule has 1 aromatic rings. The van der Waals surface area contributed by atoms with Gasteiger partial charge in [0.25, 0.3) is 5.91 Å². The Balaban J connectivity index is 1.54. The second-order valence-corrected chi connectivity index (χ2v) is 8.40. The molecule has 2 fully saturated rings. The lowest BCUT2D eigenvalue weighted by atomic mass is 9.64. The number of nitrogens with zero attached hydrogens (tertiary/aromatic N) is 1. The van der Waals surface area contributed by atoms with Crippen molar-refractivity contribution in [3.8, 4) is 0 Å². The minimum absolute atomic E-state index is 0.0376. The number of benzene rings is 1. The van der Waals surface area contributed by atoms with Crippen LogP contribution in [0.2, 0.25) is 0 Å². The molecule has 1 heterocycles. The summed E-state index contributed by atoms with van der Waals surface area (Å²) in [5.41, 5.74) is 2.21. The Labute approximate surface area is 151 Å². The predicted molar refractivity (Wildman–Crippen MR) is 102 cm³/mol. The largest absolute Gasteiger partial charge is 0.393 e. The van der Waals surface area contributed by atoms with Crippen molar-refractivity contribution in [3.05, 3.63) is 29.8 Å². The SMILES string of the molecule is CC(C)CC1(CNC(=O)c2ccc(N3CCC(O)CC3)cc2)CCC1. The molecule has 2 N–H and O–H groups in total. The van der Waals surface area contributed by atoms with Gasteiger partial charge in [0.05, 0.1) is 6.10 Å². The van der Waals surface area contributed by atoms with E-state index in [2.05, 4.69) is 24.1 Å². The van der Waals surface area contributed by atoms with E-state index in [1.165, 1.54) is 25.7 Å². The second kappa shape index (κ2) is 7.77. The fourth-order valence-corrected chi connectivity index (χ4v) is 4.31. The van der Waals surface area contributed by atoms with Crippen molar-refractivity contribution < 1.29 is 9.90 Å². The maximum atomic E-state index is 12.5. The number of nitrogens with one attached hydrogen (secondary N) is 1. The molecule has 0 radical (unpaired) electrons. The van der Waals surface area contributed by atoms with Gasteiger partial charge in [0.1, 0.15) is 0 Å². The molecule has 4 nitrogen and oxygen atoms in total. The van der Waals surface area contributed by atoms with Gasteiger partial charge in [-0.3, -0.25) is 4.79 Å². The maximum absolute atomic E-state index is 12.5. The monoisotopic (exact) mass is 344 g/mol. The second-order valence-electron chi connectivity index (χ2n) is 8.40. The smallest absolute Gasteiger partial charge is 0.251 e. The maximum Gasteiger partial charge on any atom is 0.251 e. The normalized spacial score (nSPS) is 20.4. The lowest BCUT2D eigenvalue weighted by Crippen LogP contribution is -2.43. The van der Waals surface area contributed by atoms with Gasteiger partial charge in [0.15, 0.2) is 0 Å². The number of aliphatic hydroxyl groups is 1. The highest BCUT2D eigenvalue weighted by Crippen LogP contribution is 2.45. The Bertz CT molecular complexity index is 570. The van der Waals surface area contributed by atoms with E-state index in [9.17, 15) is 9.90 Å². The van der Waals surface area contributed by atoms with Gasteiger partial charge in [-0.1, -0.05) is 20.3 Å². The fourth-order valence-electron chi connectivity index (χ4n) is 4.31. The Kier molecular flexibility index (Phi) is 5.67. The van der Waals surface area contributed by atoms with E-state index >= 15 is 0 Å². The standard InChI is InChI=1S/C21H32N2O2/c1-16(2)14-21(10-3-11-21)15-22-20(25)17-4-6-18(7-5-17)23-12-8-19(24)9-13-23/h4-7,16,19,24H,3,8-15H2,1-2H3,(H,22,25). The van der Waals surface area contributed by atoms with E-state index in [-0.39, 0.29) is 12.0 Å². The quantitative estimate of drug-likeness (QED) is 0.829. The summed E-state index contributed by atoms with van der Waals surface area (Å²) in [5, 5.41) is 12.8. The van der Waals surface area contributed by atoms with Gasteiger partial charge in [0, 0.05) is 30.9 Å². The summed E-state index contributed by atoms with van der Waals surface area (Å²) >= 11 is 0. The highest BCUT2D eigenvalue weighted by atomic mass is 16.3. The van der Waals surface area contributed by atoms with Crippen molar-refractivity contribution in [2.75, 3.05) is 24.5 Å². The van der Waals surface area contributed by atoms with Crippen LogP contribution >= 0.6 is 0 Å². The summed E-state index contributed by atoms with van der Waals surface area (Å²) in [6.45, 7) is 7.09. The third-order valence-electron chi connectivity index (χ3n) is 5.84. The fraction of sp³-hybridized carbons (Fsp3) is 0.667. The van der Waals surface area contributed by atoms with Crippen molar-refractivity contribution in [2.45, 2.75) is 58.5 Å². The molecule has 1 aromatic carbocycles. The number of carbonyl (C=O) groups is 1. The number of piperidine rings is 1. The molecule has 25 heavy (non-hydrogen) atoms. The first kappa shape index (κ1) is 18.2. The molecule has 4 heteroatoms. The van der Waals surface area contributed by atoms with Crippen LogP contribution in [0.1, 0.15) is 62.7 Å². The molecule has 138 valence electrons. The number of hydrogen-bond donors (Lipinski definition) is 2. The number of hydrogen-bond acceptors (Lipinski definition) is 3. The van der Waals surface area contributed by atoms with Crippen molar-refractivity contribution in [2.24, 2.45) is 11.3 Å². The van der Waals surface area contributed by atoms with Crippen LogP contribution in [-0.2, 0) is 0 Å². The molecule has 1 aliphatic heterocycles. The minimum Gasteiger partial charge on any atom is -0.393 e. The molecule has 1 amide bonds. The van der Waals surface area contributed by atoms with Gasteiger partial charge in [-0.25, -0.2) is 0 Å². The number of rotatable bonds is 6. The summed E-state index contributed by atoms with van der Waals surface area (Å²) in [7, 11) is 0. The number of amides is 1. The van der Waals surface area contributed by atoms with Crippen LogP contribution in [0.15, 0.2) is 24.3 Å². The van der Waals surface area contributed by atoms with E-state index < -0.39 is 0 Å². The number of carbonyl (C=O) groups excluding carboxylic acids is 1. The van der Waals surface area contributed by atoms with Crippen LogP contribution in [0.3, 0.4) is 0 Å². The highest BCUT2D eigenvalue weighted by molar-refractivity contribution is 5.94. The lowest BCUT2D eigenvalue weighted by molar-refractivity contribution is 0.0781. The van der Waals surface area contributed by atoms with Crippen LogP contribution in [0, 0.1) is 11.3 Å². The van der Waals surface area contributed by atoms with Crippen LogP contribution in [0.5, 0.6) is 0 Å². The van der Waals surface area contributed by atoms with Gasteiger partial charge < -0.3 is 15.3 Å². The third kappa shape index (κ3) is 4.55. The van der Waals surface area contributed by atoms with E-state index in [1.807, 2.05) is 24.3 Å². The summed E-state index contributed by atoms with van der Waals surface area (Å²) < 4.78 is 0. The first-order valence-corrected chi connectivity index (χ1v) is 9.79. The summed E-state index contributed by atoms with van der Waals surface area (Å²) in [5.74, 6) is 0.718. The average Bonchev–Trinajstić information content (AvgIpc) is 2.57. The molecule has 0 bridgehead atoms. The highest BCUT2D eigenvalue weighted by Gasteiger charge is 2.37. The van der Waals surface area contributed by atoms with Gasteiger partial charge in [0.2, 0.25) is 0 Å². The molecular weight excluding hydrogens is 312 g/mol. The lowest BCUT2D eigenvalue weighted by Gasteiger charge is -2.43. The molecule has 3 rings (SSSR count). The van der Waals surface area contributed by atoms with Gasteiger partial charge >= 0.3 is 0 Å². The van der Waals surface area contributed by atoms with Crippen LogP contribution in [0.4, 0.5) is 5.69 Å². The molecule has 0 unspecified atom stereocenters. The third-order valence-corrected chi connectivity index (χ3v) is 5.84. The minimum atomic E-state index is -0.161. The Morgan fingerprint density at radius 3 is 2.40 bits per heavy atom. The van der Waals surface area contributed by atoms with Crippen molar-refractivity contribution in [1.82, 2.24) is 5.32 Å². The average molecular weight is 344 g/mol. The van der Waals surface area contributed by atoms with Crippen molar-refractivity contribution in [3.63, 3.8) is 0 Å². The first-order chi connectivity index (χ1) is 12.0. The van der Waals surface area contributed by atoms with E-state index in [0.29, 0.717) is 11.3 Å². The van der Waals surface area contributed by atoms with Crippen LogP contribution in [-0.4, -0.2) is 36.8 Å². The Hall–Kier alpha value is -1.55. The number of aliphatic hydroxyl groups excluding tert-OH is 1. The summed E-state index contributed by atoms with van der Waals surface area (Å²) in [4.78, 5) is 14.8. The molecular formula is C21H32N2O2. The van der Waals surface area contributed by atoms with E-state index in [4.69, 9.17) is 0 Å². The van der Waals surface area contributed by atoms with Crippen molar-refractivity contribution >= 4 is 11.6 Å². The molecule has 0 atom stereocenters. The van der Waals surface area contributed by atoms with Crippen molar-refractivity contribution in [1.29, 1.82) is 0 Å². The van der Waals surface area contributed by atoms with Gasteiger partial charge in [-0.2, -0.15) is 0 Å². The molecule has 0 spiro atoms. The van der Waals surface area contributed by atoms with Crippen LogP contribution < -0.4 is 10.2 Å². The van der Waals surface area contributed by atoms with Crippen LogP contribution in [0.25, 0.3) is 0 Å². The molecule has 2 aliphatic rings. The summed E-state index contributed by atoms with van der Waals surface area (Å²) in [6, 6.07) is 7.90. The molecule has 1 saturated carbocycles. The first-order valence-electron chi connectivity index (χ1n) is 9.79. The van der Waals surface area contributed by atoms with Gasteiger partial charge in [-0.15, -0.1) is 0 Å². The molecule has 1 aliphatic carbocycles.